The van der Waals surface area contributed by atoms with Gasteiger partial charge in [-0.25, -0.2) is 8.42 Å². The molecule has 1 aliphatic rings. The van der Waals surface area contributed by atoms with Gasteiger partial charge in [0.1, 0.15) is 10.6 Å². The summed E-state index contributed by atoms with van der Waals surface area (Å²) in [5, 5.41) is 9.18. The van der Waals surface area contributed by atoms with Crippen LogP contribution in [-0.2, 0) is 10.0 Å². The molecule has 0 saturated heterocycles. The standard InChI is InChI=1S/C14H22N2O4S/c1-10-8-13(20-2)14(9-12(10)15)21(18,19)16(6-7-17)11-4-3-5-11/h8-9,11,17H,3-7,15H2,1-2H3. The number of anilines is 1. The third kappa shape index (κ3) is 3.00. The Kier molecular flexibility index (Phi) is 4.75. The number of aliphatic hydroxyl groups is 1. The van der Waals surface area contributed by atoms with Crippen LogP contribution in [0.3, 0.4) is 0 Å². The molecule has 1 aromatic carbocycles. The van der Waals surface area contributed by atoms with Crippen LogP contribution in [0.15, 0.2) is 17.0 Å². The molecule has 118 valence electrons. The highest BCUT2D eigenvalue weighted by Crippen LogP contribution is 2.35. The van der Waals surface area contributed by atoms with E-state index in [2.05, 4.69) is 0 Å². The minimum absolute atomic E-state index is 0.0469. The molecule has 0 radical (unpaired) electrons. The first kappa shape index (κ1) is 16.1. The minimum atomic E-state index is -3.74. The summed E-state index contributed by atoms with van der Waals surface area (Å²) in [7, 11) is -2.30. The van der Waals surface area contributed by atoms with Crippen LogP contribution in [-0.4, -0.2) is 44.1 Å². The Labute approximate surface area is 125 Å². The fourth-order valence-electron chi connectivity index (χ4n) is 2.44. The van der Waals surface area contributed by atoms with Crippen molar-refractivity contribution in [2.75, 3.05) is 26.0 Å². The number of nitrogens with zero attached hydrogens (tertiary/aromatic N) is 1. The van der Waals surface area contributed by atoms with Crippen LogP contribution in [0.5, 0.6) is 5.75 Å². The fraction of sp³-hybridized carbons (Fsp3) is 0.571. The molecule has 0 spiro atoms. The van der Waals surface area contributed by atoms with E-state index in [0.29, 0.717) is 5.69 Å². The number of nitrogen functional groups attached to an aromatic ring is 1. The first-order valence-corrected chi connectivity index (χ1v) is 8.42. The summed E-state index contributed by atoms with van der Waals surface area (Å²) in [5.41, 5.74) is 7.03. The van der Waals surface area contributed by atoms with Gasteiger partial charge in [0, 0.05) is 18.3 Å². The first-order chi connectivity index (χ1) is 9.91. The van der Waals surface area contributed by atoms with Crippen molar-refractivity contribution in [2.45, 2.75) is 37.1 Å². The topological polar surface area (TPSA) is 92.9 Å². The van der Waals surface area contributed by atoms with Gasteiger partial charge in [0.25, 0.3) is 0 Å². The Balaban J connectivity index is 2.48. The summed E-state index contributed by atoms with van der Waals surface area (Å²) in [6, 6.07) is 3.02. The van der Waals surface area contributed by atoms with Crippen LogP contribution in [0.2, 0.25) is 0 Å². The largest absolute Gasteiger partial charge is 0.495 e. The average Bonchev–Trinajstić information content (AvgIpc) is 2.38. The molecule has 1 aromatic rings. The Bertz CT molecular complexity index is 612. The molecule has 0 aliphatic heterocycles. The zero-order valence-corrected chi connectivity index (χ0v) is 13.2. The molecular formula is C14H22N2O4S. The van der Waals surface area contributed by atoms with Gasteiger partial charge >= 0.3 is 0 Å². The molecule has 0 bridgehead atoms. The predicted octanol–water partition coefficient (Wildman–Crippen LogP) is 1.12. The van der Waals surface area contributed by atoms with Crippen LogP contribution in [0, 0.1) is 6.92 Å². The smallest absolute Gasteiger partial charge is 0.247 e. The number of hydrogen-bond donors (Lipinski definition) is 2. The van der Waals surface area contributed by atoms with Crippen molar-refractivity contribution in [3.05, 3.63) is 17.7 Å². The molecule has 1 saturated carbocycles. The normalized spacial score (nSPS) is 16.0. The maximum atomic E-state index is 12.9. The van der Waals surface area contributed by atoms with Gasteiger partial charge in [0.2, 0.25) is 10.0 Å². The van der Waals surface area contributed by atoms with Crippen molar-refractivity contribution < 1.29 is 18.3 Å². The maximum Gasteiger partial charge on any atom is 0.247 e. The van der Waals surface area contributed by atoms with Gasteiger partial charge in [-0.3, -0.25) is 0 Å². The molecule has 21 heavy (non-hydrogen) atoms. The number of aryl methyl sites for hydroxylation is 1. The first-order valence-electron chi connectivity index (χ1n) is 6.98. The summed E-state index contributed by atoms with van der Waals surface area (Å²) in [5.74, 6) is 0.281. The van der Waals surface area contributed by atoms with Crippen LogP contribution >= 0.6 is 0 Å². The number of nitrogens with two attached hydrogens (primary N) is 1. The Morgan fingerprint density at radius 2 is 2.10 bits per heavy atom. The SMILES string of the molecule is COc1cc(C)c(N)cc1S(=O)(=O)N(CCO)C1CCC1. The van der Waals surface area contributed by atoms with Crippen molar-refractivity contribution in [3.8, 4) is 5.75 Å². The van der Waals surface area contributed by atoms with Crippen molar-refractivity contribution in [2.24, 2.45) is 0 Å². The lowest BCUT2D eigenvalue weighted by Crippen LogP contribution is -2.45. The van der Waals surface area contributed by atoms with Gasteiger partial charge in [-0.1, -0.05) is 6.42 Å². The van der Waals surface area contributed by atoms with Crippen LogP contribution < -0.4 is 10.5 Å². The number of sulfonamides is 1. The monoisotopic (exact) mass is 314 g/mol. The molecule has 0 amide bonds. The molecule has 1 fully saturated rings. The number of ether oxygens (including phenoxy) is 1. The summed E-state index contributed by atoms with van der Waals surface area (Å²) < 4.78 is 32.3. The Morgan fingerprint density at radius 1 is 1.43 bits per heavy atom. The van der Waals surface area contributed by atoms with E-state index >= 15 is 0 Å². The summed E-state index contributed by atoms with van der Waals surface area (Å²) in [4.78, 5) is 0.0634. The third-order valence-electron chi connectivity index (χ3n) is 3.94. The number of hydrogen-bond acceptors (Lipinski definition) is 5. The molecule has 6 nitrogen and oxygen atoms in total. The second-order valence-corrected chi connectivity index (χ2v) is 7.14. The zero-order chi connectivity index (χ0) is 15.6. The Morgan fingerprint density at radius 3 is 2.57 bits per heavy atom. The van der Waals surface area contributed by atoms with E-state index in [-0.39, 0.29) is 29.8 Å². The van der Waals surface area contributed by atoms with Crippen molar-refractivity contribution in [1.29, 1.82) is 0 Å². The van der Waals surface area contributed by atoms with Crippen molar-refractivity contribution in [1.82, 2.24) is 4.31 Å². The number of methoxy groups -OCH3 is 1. The van der Waals surface area contributed by atoms with Gasteiger partial charge in [-0.2, -0.15) is 4.31 Å². The van der Waals surface area contributed by atoms with Gasteiger partial charge in [0.15, 0.2) is 0 Å². The van der Waals surface area contributed by atoms with E-state index in [0.717, 1.165) is 24.8 Å². The van der Waals surface area contributed by atoms with E-state index in [4.69, 9.17) is 10.5 Å². The van der Waals surface area contributed by atoms with Crippen LogP contribution in [0.4, 0.5) is 5.69 Å². The molecule has 3 N–H and O–H groups in total. The van der Waals surface area contributed by atoms with Crippen molar-refractivity contribution in [3.63, 3.8) is 0 Å². The summed E-state index contributed by atoms with van der Waals surface area (Å²) >= 11 is 0. The molecule has 7 heteroatoms. The molecule has 2 rings (SSSR count). The second kappa shape index (κ2) is 6.21. The highest BCUT2D eigenvalue weighted by Gasteiger charge is 2.36. The van der Waals surface area contributed by atoms with E-state index in [1.807, 2.05) is 0 Å². The summed E-state index contributed by atoms with van der Waals surface area (Å²) in [6.07, 6.45) is 2.65. The van der Waals surface area contributed by atoms with E-state index < -0.39 is 10.0 Å². The van der Waals surface area contributed by atoms with Crippen molar-refractivity contribution >= 4 is 15.7 Å². The third-order valence-corrected chi connectivity index (χ3v) is 5.91. The average molecular weight is 314 g/mol. The van der Waals surface area contributed by atoms with Crippen LogP contribution in [0.1, 0.15) is 24.8 Å². The molecular weight excluding hydrogens is 292 g/mol. The predicted molar refractivity (Wildman–Crippen MR) is 80.8 cm³/mol. The zero-order valence-electron chi connectivity index (χ0n) is 12.4. The van der Waals surface area contributed by atoms with E-state index in [9.17, 15) is 13.5 Å². The molecule has 0 unspecified atom stereocenters. The highest BCUT2D eigenvalue weighted by molar-refractivity contribution is 7.89. The lowest BCUT2D eigenvalue weighted by atomic mass is 9.93. The second-order valence-electron chi connectivity index (χ2n) is 5.28. The number of aliphatic hydroxyl groups excluding tert-OH is 1. The molecule has 0 atom stereocenters. The van der Waals surface area contributed by atoms with Gasteiger partial charge in [-0.15, -0.1) is 0 Å². The fourth-order valence-corrected chi connectivity index (χ4v) is 4.29. The summed E-state index contributed by atoms with van der Waals surface area (Å²) in [6.45, 7) is 1.68. The quantitative estimate of drug-likeness (QED) is 0.768. The van der Waals surface area contributed by atoms with Gasteiger partial charge in [0.05, 0.1) is 13.7 Å². The lowest BCUT2D eigenvalue weighted by Gasteiger charge is -2.36. The van der Waals surface area contributed by atoms with E-state index in [1.165, 1.54) is 17.5 Å². The van der Waals surface area contributed by atoms with E-state index in [1.54, 1.807) is 13.0 Å². The molecule has 0 heterocycles. The molecule has 0 aromatic heterocycles. The van der Waals surface area contributed by atoms with Gasteiger partial charge < -0.3 is 15.6 Å². The number of benzene rings is 1. The Hall–Kier alpha value is -1.31. The number of rotatable bonds is 6. The van der Waals surface area contributed by atoms with Gasteiger partial charge in [-0.05, 0) is 37.5 Å². The lowest BCUT2D eigenvalue weighted by molar-refractivity contribution is 0.178. The minimum Gasteiger partial charge on any atom is -0.495 e. The maximum absolute atomic E-state index is 12.9. The highest BCUT2D eigenvalue weighted by atomic mass is 32.2. The molecule has 1 aliphatic carbocycles. The van der Waals surface area contributed by atoms with Crippen LogP contribution in [0.25, 0.3) is 0 Å².